The van der Waals surface area contributed by atoms with E-state index in [0.717, 1.165) is 5.56 Å². The van der Waals surface area contributed by atoms with Gasteiger partial charge in [0.25, 0.3) is 0 Å². The van der Waals surface area contributed by atoms with Gasteiger partial charge in [0.15, 0.2) is 17.1 Å². The Hall–Kier alpha value is -2.58. The molecule has 0 saturated heterocycles. The van der Waals surface area contributed by atoms with Crippen LogP contribution in [0.15, 0.2) is 47.4 Å². The number of ether oxygens (including phenoxy) is 2. The van der Waals surface area contributed by atoms with Gasteiger partial charge in [0.2, 0.25) is 10.0 Å². The number of aliphatic carboxylic acids is 1. The number of para-hydroxylation sites is 1. The Morgan fingerprint density at radius 3 is 2.54 bits per heavy atom. The minimum atomic E-state index is -3.72. The number of benzene rings is 2. The molecule has 2 aromatic carbocycles. The molecule has 1 aliphatic rings. The largest absolute Gasteiger partial charge is 0.489 e. The van der Waals surface area contributed by atoms with Crippen LogP contribution >= 0.6 is 0 Å². The first-order valence-electron chi connectivity index (χ1n) is 8.87. The van der Waals surface area contributed by atoms with E-state index in [1.165, 1.54) is 13.8 Å². The third-order valence-corrected chi connectivity index (χ3v) is 6.03. The second kappa shape index (κ2) is 7.44. The van der Waals surface area contributed by atoms with Crippen molar-refractivity contribution < 1.29 is 27.8 Å². The molecule has 0 amide bonds. The van der Waals surface area contributed by atoms with Crippen LogP contribution in [0.3, 0.4) is 0 Å². The summed E-state index contributed by atoms with van der Waals surface area (Å²) < 4.78 is 39.6. The predicted octanol–water partition coefficient (Wildman–Crippen LogP) is 3.04. The third-order valence-electron chi connectivity index (χ3n) is 4.55. The first-order chi connectivity index (χ1) is 13.1. The van der Waals surface area contributed by atoms with Crippen molar-refractivity contribution in [2.45, 2.75) is 43.7 Å². The molecule has 0 spiro atoms. The third kappa shape index (κ3) is 4.13. The molecule has 28 heavy (non-hydrogen) atoms. The molecule has 1 atom stereocenters. The first kappa shape index (κ1) is 20.2. The molecular weight excluding hydrogens is 382 g/mol. The van der Waals surface area contributed by atoms with Crippen LogP contribution in [0.25, 0.3) is 0 Å². The lowest BCUT2D eigenvalue weighted by molar-refractivity contribution is -0.152. The Morgan fingerprint density at radius 2 is 1.89 bits per heavy atom. The van der Waals surface area contributed by atoms with E-state index in [9.17, 15) is 18.3 Å². The molecule has 1 heterocycles. The number of carboxylic acid groups (broad SMARTS) is 1. The van der Waals surface area contributed by atoms with Crippen LogP contribution in [0, 0.1) is 6.92 Å². The summed E-state index contributed by atoms with van der Waals surface area (Å²) in [6.07, 6.45) is 0.448. The van der Waals surface area contributed by atoms with Crippen molar-refractivity contribution in [2.24, 2.45) is 0 Å². The normalized spacial score (nSPS) is 16.8. The van der Waals surface area contributed by atoms with Crippen LogP contribution in [0.5, 0.6) is 11.5 Å². The number of hydrogen-bond donors (Lipinski definition) is 2. The van der Waals surface area contributed by atoms with Gasteiger partial charge in [0.1, 0.15) is 0 Å². The van der Waals surface area contributed by atoms with Gasteiger partial charge in [-0.25, -0.2) is 17.9 Å². The van der Waals surface area contributed by atoms with Crippen molar-refractivity contribution in [3.8, 4) is 11.5 Å². The van der Waals surface area contributed by atoms with E-state index in [1.54, 1.807) is 42.5 Å². The molecule has 0 bridgehead atoms. The SMILES string of the molecule is Cc1ccc(S(=O)(=O)NC2CCOc3c(OC(C)(C)C(=O)O)cccc32)cc1. The summed E-state index contributed by atoms with van der Waals surface area (Å²) in [7, 11) is -3.72. The van der Waals surface area contributed by atoms with E-state index in [0.29, 0.717) is 17.7 Å². The monoisotopic (exact) mass is 405 g/mol. The number of nitrogens with one attached hydrogen (secondary N) is 1. The zero-order valence-electron chi connectivity index (χ0n) is 15.9. The summed E-state index contributed by atoms with van der Waals surface area (Å²) >= 11 is 0. The van der Waals surface area contributed by atoms with Crippen molar-refractivity contribution in [3.63, 3.8) is 0 Å². The van der Waals surface area contributed by atoms with Gasteiger partial charge in [-0.3, -0.25) is 0 Å². The summed E-state index contributed by atoms with van der Waals surface area (Å²) in [5, 5.41) is 9.30. The fourth-order valence-electron chi connectivity index (χ4n) is 2.89. The molecule has 1 aliphatic heterocycles. The van der Waals surface area contributed by atoms with Crippen LogP contribution in [0.4, 0.5) is 0 Å². The number of aryl methyl sites for hydroxylation is 1. The quantitative estimate of drug-likeness (QED) is 0.766. The van der Waals surface area contributed by atoms with Gasteiger partial charge in [-0.15, -0.1) is 0 Å². The van der Waals surface area contributed by atoms with Crippen LogP contribution in [0.2, 0.25) is 0 Å². The number of sulfonamides is 1. The Bertz CT molecular complexity index is 982. The van der Waals surface area contributed by atoms with Crippen LogP contribution in [-0.4, -0.2) is 31.7 Å². The van der Waals surface area contributed by atoms with Gasteiger partial charge in [0.05, 0.1) is 17.5 Å². The van der Waals surface area contributed by atoms with Crippen molar-refractivity contribution in [1.82, 2.24) is 4.72 Å². The molecule has 0 fully saturated rings. The van der Waals surface area contributed by atoms with Gasteiger partial charge >= 0.3 is 5.97 Å². The topological polar surface area (TPSA) is 102 Å². The van der Waals surface area contributed by atoms with Gasteiger partial charge in [-0.1, -0.05) is 29.8 Å². The predicted molar refractivity (Wildman–Crippen MR) is 103 cm³/mol. The maximum atomic E-state index is 12.8. The first-order valence-corrected chi connectivity index (χ1v) is 10.4. The Kier molecular flexibility index (Phi) is 5.36. The minimum absolute atomic E-state index is 0.186. The molecule has 2 aromatic rings. The summed E-state index contributed by atoms with van der Waals surface area (Å²) in [4.78, 5) is 11.6. The maximum absolute atomic E-state index is 12.8. The average molecular weight is 405 g/mol. The lowest BCUT2D eigenvalue weighted by Gasteiger charge is -2.30. The molecular formula is C20H23NO6S. The average Bonchev–Trinajstić information content (AvgIpc) is 2.62. The van der Waals surface area contributed by atoms with Crippen LogP contribution < -0.4 is 14.2 Å². The number of rotatable bonds is 6. The van der Waals surface area contributed by atoms with E-state index in [2.05, 4.69) is 4.72 Å². The fourth-order valence-corrected chi connectivity index (χ4v) is 4.14. The van der Waals surface area contributed by atoms with Gasteiger partial charge in [-0.2, -0.15) is 0 Å². The lowest BCUT2D eigenvalue weighted by atomic mass is 10.0. The molecule has 8 heteroatoms. The minimum Gasteiger partial charge on any atom is -0.489 e. The highest BCUT2D eigenvalue weighted by Gasteiger charge is 2.33. The molecule has 0 saturated carbocycles. The number of fused-ring (bicyclic) bond motifs is 1. The summed E-state index contributed by atoms with van der Waals surface area (Å²) in [6, 6.07) is 11.1. The summed E-state index contributed by atoms with van der Waals surface area (Å²) in [5.41, 5.74) is 0.131. The van der Waals surface area contributed by atoms with E-state index < -0.39 is 27.6 Å². The summed E-state index contributed by atoms with van der Waals surface area (Å²) in [6.45, 7) is 5.05. The van der Waals surface area contributed by atoms with Crippen LogP contribution in [0.1, 0.15) is 37.4 Å². The zero-order chi connectivity index (χ0) is 20.5. The summed E-state index contributed by atoms with van der Waals surface area (Å²) in [5.74, 6) is -0.485. The van der Waals surface area contributed by atoms with Crippen molar-refractivity contribution in [3.05, 3.63) is 53.6 Å². The second-order valence-corrected chi connectivity index (χ2v) is 8.93. The van der Waals surface area contributed by atoms with Crippen molar-refractivity contribution in [2.75, 3.05) is 6.61 Å². The molecule has 0 radical (unpaired) electrons. The smallest absolute Gasteiger partial charge is 0.347 e. The molecule has 1 unspecified atom stereocenters. The van der Waals surface area contributed by atoms with Crippen molar-refractivity contribution >= 4 is 16.0 Å². The van der Waals surface area contributed by atoms with E-state index in [1.807, 2.05) is 6.92 Å². The van der Waals surface area contributed by atoms with Crippen LogP contribution in [-0.2, 0) is 14.8 Å². The van der Waals surface area contributed by atoms with Gasteiger partial charge < -0.3 is 14.6 Å². The highest BCUT2D eigenvalue weighted by atomic mass is 32.2. The standard InChI is InChI=1S/C20H23NO6S/c1-13-7-9-14(10-8-13)28(24,25)21-16-11-12-26-18-15(16)5-4-6-17(18)27-20(2,3)19(22)23/h4-10,16,21H,11-12H2,1-3H3,(H,22,23). The Labute approximate surface area is 164 Å². The van der Waals surface area contributed by atoms with E-state index >= 15 is 0 Å². The lowest BCUT2D eigenvalue weighted by Crippen LogP contribution is -2.38. The number of carboxylic acids is 1. The zero-order valence-corrected chi connectivity index (χ0v) is 16.7. The van der Waals surface area contributed by atoms with Gasteiger partial charge in [-0.05, 0) is 39.0 Å². The molecule has 150 valence electrons. The highest BCUT2D eigenvalue weighted by Crippen LogP contribution is 2.41. The highest BCUT2D eigenvalue weighted by molar-refractivity contribution is 7.89. The Morgan fingerprint density at radius 1 is 1.21 bits per heavy atom. The molecule has 0 aliphatic carbocycles. The molecule has 7 nitrogen and oxygen atoms in total. The molecule has 2 N–H and O–H groups in total. The van der Waals surface area contributed by atoms with E-state index in [4.69, 9.17) is 9.47 Å². The number of hydrogen-bond acceptors (Lipinski definition) is 5. The van der Waals surface area contributed by atoms with E-state index in [-0.39, 0.29) is 17.3 Å². The van der Waals surface area contributed by atoms with Crippen molar-refractivity contribution in [1.29, 1.82) is 0 Å². The Balaban J connectivity index is 1.91. The molecule has 0 aromatic heterocycles. The van der Waals surface area contributed by atoms with Gasteiger partial charge in [0, 0.05) is 12.0 Å². The number of carbonyl (C=O) groups is 1. The maximum Gasteiger partial charge on any atom is 0.347 e. The molecule has 3 rings (SSSR count). The fraction of sp³-hybridized carbons (Fsp3) is 0.350. The second-order valence-electron chi connectivity index (χ2n) is 7.22.